The van der Waals surface area contributed by atoms with Crippen molar-refractivity contribution in [3.63, 3.8) is 0 Å². The van der Waals surface area contributed by atoms with E-state index in [0.29, 0.717) is 6.04 Å². The summed E-state index contributed by atoms with van der Waals surface area (Å²) in [6.07, 6.45) is 8.76. The number of nitrogens with zero attached hydrogens (tertiary/aromatic N) is 2. The molecule has 3 nitrogen and oxygen atoms in total. The van der Waals surface area contributed by atoms with Gasteiger partial charge in [0.2, 0.25) is 0 Å². The highest BCUT2D eigenvalue weighted by molar-refractivity contribution is 5.78. The van der Waals surface area contributed by atoms with Crippen molar-refractivity contribution in [2.75, 3.05) is 6.54 Å². The van der Waals surface area contributed by atoms with Crippen LogP contribution in [-0.2, 0) is 0 Å². The van der Waals surface area contributed by atoms with Crippen molar-refractivity contribution in [1.82, 2.24) is 15.3 Å². The largest absolute Gasteiger partial charge is 0.310 e. The number of hydrogen-bond acceptors (Lipinski definition) is 3. The maximum atomic E-state index is 4.55. The average Bonchev–Trinajstić information content (AvgIpc) is 2.41. The quantitative estimate of drug-likeness (QED) is 0.889. The average molecular weight is 255 g/mol. The van der Waals surface area contributed by atoms with Crippen LogP contribution in [0.15, 0.2) is 30.6 Å². The SMILES string of the molecule is CCCNC(c1cccc2nccnc12)C1CCC1. The fraction of sp³-hybridized carbons (Fsp3) is 0.500. The number of para-hydroxylation sites is 1. The lowest BCUT2D eigenvalue weighted by molar-refractivity contribution is 0.232. The minimum Gasteiger partial charge on any atom is -0.310 e. The number of aromatic nitrogens is 2. The highest BCUT2D eigenvalue weighted by Crippen LogP contribution is 2.39. The van der Waals surface area contributed by atoms with Crippen molar-refractivity contribution in [2.45, 2.75) is 38.6 Å². The zero-order valence-electron chi connectivity index (χ0n) is 11.5. The van der Waals surface area contributed by atoms with Crippen molar-refractivity contribution in [1.29, 1.82) is 0 Å². The molecule has 2 aromatic rings. The smallest absolute Gasteiger partial charge is 0.0934 e. The third-order valence-electron chi connectivity index (χ3n) is 4.10. The Kier molecular flexibility index (Phi) is 3.74. The van der Waals surface area contributed by atoms with E-state index in [0.717, 1.165) is 23.5 Å². The van der Waals surface area contributed by atoms with Crippen LogP contribution in [0, 0.1) is 5.92 Å². The fourth-order valence-corrected chi connectivity index (χ4v) is 2.87. The van der Waals surface area contributed by atoms with Crippen molar-refractivity contribution >= 4 is 11.0 Å². The molecule has 1 fully saturated rings. The minimum atomic E-state index is 0.439. The first-order chi connectivity index (χ1) is 9.40. The normalized spacial score (nSPS) is 17.3. The van der Waals surface area contributed by atoms with Crippen LogP contribution in [0.3, 0.4) is 0 Å². The van der Waals surface area contributed by atoms with Crippen molar-refractivity contribution in [3.8, 4) is 0 Å². The van der Waals surface area contributed by atoms with Gasteiger partial charge in [0.05, 0.1) is 11.0 Å². The highest BCUT2D eigenvalue weighted by Gasteiger charge is 2.29. The van der Waals surface area contributed by atoms with E-state index in [4.69, 9.17) is 0 Å². The summed E-state index contributed by atoms with van der Waals surface area (Å²) in [6.45, 7) is 3.28. The number of hydrogen-bond donors (Lipinski definition) is 1. The molecule has 0 saturated heterocycles. The van der Waals surface area contributed by atoms with Crippen molar-refractivity contribution < 1.29 is 0 Å². The van der Waals surface area contributed by atoms with E-state index < -0.39 is 0 Å². The molecule has 100 valence electrons. The molecule has 1 aromatic heterocycles. The van der Waals surface area contributed by atoms with Crippen LogP contribution in [-0.4, -0.2) is 16.5 Å². The second-order valence-electron chi connectivity index (χ2n) is 5.39. The second kappa shape index (κ2) is 5.66. The molecular formula is C16H21N3. The predicted molar refractivity (Wildman–Crippen MR) is 77.9 cm³/mol. The van der Waals surface area contributed by atoms with Gasteiger partial charge >= 0.3 is 0 Å². The minimum absolute atomic E-state index is 0.439. The third kappa shape index (κ3) is 2.47. The molecule has 1 atom stereocenters. The van der Waals surface area contributed by atoms with Gasteiger partial charge in [-0.15, -0.1) is 0 Å². The summed E-state index contributed by atoms with van der Waals surface area (Å²) < 4.78 is 0. The Hall–Kier alpha value is -1.48. The van der Waals surface area contributed by atoms with Gasteiger partial charge < -0.3 is 5.32 Å². The standard InChI is InChI=1S/C16H21N3/c1-2-9-18-15(12-5-3-6-12)13-7-4-8-14-16(13)19-11-10-17-14/h4,7-8,10-12,15,18H,2-3,5-6,9H2,1H3. The molecule has 0 amide bonds. The van der Waals surface area contributed by atoms with E-state index in [9.17, 15) is 0 Å². The molecular weight excluding hydrogens is 234 g/mol. The number of benzene rings is 1. The Balaban J connectivity index is 1.98. The van der Waals surface area contributed by atoms with Crippen molar-refractivity contribution in [2.24, 2.45) is 5.92 Å². The first-order valence-electron chi connectivity index (χ1n) is 7.33. The van der Waals surface area contributed by atoms with Crippen LogP contribution in [0.4, 0.5) is 0 Å². The molecule has 19 heavy (non-hydrogen) atoms. The maximum Gasteiger partial charge on any atom is 0.0934 e. The lowest BCUT2D eigenvalue weighted by Gasteiger charge is -2.35. The van der Waals surface area contributed by atoms with E-state index in [-0.39, 0.29) is 0 Å². The molecule has 1 N–H and O–H groups in total. The highest BCUT2D eigenvalue weighted by atomic mass is 14.9. The lowest BCUT2D eigenvalue weighted by atomic mass is 9.77. The topological polar surface area (TPSA) is 37.8 Å². The summed E-state index contributed by atoms with van der Waals surface area (Å²) in [6, 6.07) is 6.80. The van der Waals surface area contributed by atoms with Gasteiger partial charge in [0.25, 0.3) is 0 Å². The second-order valence-corrected chi connectivity index (χ2v) is 5.39. The third-order valence-corrected chi connectivity index (χ3v) is 4.10. The number of fused-ring (bicyclic) bond motifs is 1. The number of rotatable bonds is 5. The maximum absolute atomic E-state index is 4.55. The molecule has 0 bridgehead atoms. The molecule has 1 aromatic carbocycles. The summed E-state index contributed by atoms with van der Waals surface area (Å²) in [7, 11) is 0. The van der Waals surface area contributed by atoms with Gasteiger partial charge in [-0.1, -0.05) is 25.5 Å². The van der Waals surface area contributed by atoms with Crippen LogP contribution in [0.1, 0.15) is 44.2 Å². The fourth-order valence-electron chi connectivity index (χ4n) is 2.87. The molecule has 0 radical (unpaired) electrons. The van der Waals surface area contributed by atoms with Gasteiger partial charge in [0.1, 0.15) is 0 Å². The molecule has 1 unspecified atom stereocenters. The van der Waals surface area contributed by atoms with Crippen LogP contribution >= 0.6 is 0 Å². The van der Waals surface area contributed by atoms with Crippen LogP contribution in [0.2, 0.25) is 0 Å². The van der Waals surface area contributed by atoms with Crippen LogP contribution in [0.5, 0.6) is 0 Å². The molecule has 0 aliphatic heterocycles. The molecule has 1 aliphatic rings. The van der Waals surface area contributed by atoms with Gasteiger partial charge in [-0.05, 0) is 43.4 Å². The van der Waals surface area contributed by atoms with Gasteiger partial charge in [0.15, 0.2) is 0 Å². The van der Waals surface area contributed by atoms with E-state index in [1.807, 2.05) is 6.07 Å². The van der Waals surface area contributed by atoms with Crippen LogP contribution in [0.25, 0.3) is 11.0 Å². The zero-order valence-corrected chi connectivity index (χ0v) is 11.5. The Bertz CT molecular complexity index is 543. The molecule has 1 saturated carbocycles. The Morgan fingerprint density at radius 2 is 2.11 bits per heavy atom. The Morgan fingerprint density at radius 3 is 2.84 bits per heavy atom. The molecule has 1 aliphatic carbocycles. The first kappa shape index (κ1) is 12.5. The molecule has 3 rings (SSSR count). The summed E-state index contributed by atoms with van der Waals surface area (Å²) >= 11 is 0. The summed E-state index contributed by atoms with van der Waals surface area (Å²) in [5.74, 6) is 0.763. The van der Waals surface area contributed by atoms with Crippen LogP contribution < -0.4 is 5.32 Å². The lowest BCUT2D eigenvalue weighted by Crippen LogP contribution is -2.32. The van der Waals surface area contributed by atoms with E-state index in [2.05, 4.69) is 34.3 Å². The number of nitrogens with one attached hydrogen (secondary N) is 1. The van der Waals surface area contributed by atoms with Gasteiger partial charge in [0, 0.05) is 18.4 Å². The van der Waals surface area contributed by atoms with E-state index in [1.165, 1.54) is 31.2 Å². The molecule has 0 spiro atoms. The predicted octanol–water partition coefficient (Wildman–Crippen LogP) is 3.47. The summed E-state index contributed by atoms with van der Waals surface area (Å²) in [4.78, 5) is 8.97. The Labute approximate surface area is 114 Å². The summed E-state index contributed by atoms with van der Waals surface area (Å²) in [5.41, 5.74) is 3.39. The van der Waals surface area contributed by atoms with E-state index in [1.54, 1.807) is 12.4 Å². The van der Waals surface area contributed by atoms with E-state index >= 15 is 0 Å². The molecule has 1 heterocycles. The van der Waals surface area contributed by atoms with Crippen molar-refractivity contribution in [3.05, 3.63) is 36.2 Å². The van der Waals surface area contributed by atoms with Gasteiger partial charge in [-0.2, -0.15) is 0 Å². The van der Waals surface area contributed by atoms with Gasteiger partial charge in [-0.25, -0.2) is 0 Å². The monoisotopic (exact) mass is 255 g/mol. The Morgan fingerprint density at radius 1 is 1.26 bits per heavy atom. The van der Waals surface area contributed by atoms with Gasteiger partial charge in [-0.3, -0.25) is 9.97 Å². The zero-order chi connectivity index (χ0) is 13.1. The first-order valence-corrected chi connectivity index (χ1v) is 7.33. The molecule has 3 heteroatoms. The summed E-state index contributed by atoms with van der Waals surface area (Å²) in [5, 5.41) is 3.71.